The van der Waals surface area contributed by atoms with Crippen LogP contribution in [0.2, 0.25) is 0 Å². The van der Waals surface area contributed by atoms with Gasteiger partial charge in [0.15, 0.2) is 11.8 Å². The van der Waals surface area contributed by atoms with Gasteiger partial charge in [0.25, 0.3) is 0 Å². The number of aryl methyl sites for hydroxylation is 1. The van der Waals surface area contributed by atoms with E-state index in [1.165, 1.54) is 32.1 Å². The number of hydrogen-bond donors (Lipinski definition) is 2. The lowest BCUT2D eigenvalue weighted by molar-refractivity contribution is -0.145. The number of aliphatic imine (C=N–C) groups is 1. The first-order valence-corrected chi connectivity index (χ1v) is 10.6. The highest BCUT2D eigenvalue weighted by Crippen LogP contribution is 2.53. The maximum atomic E-state index is 6.09. The molecule has 0 bridgehead atoms. The summed E-state index contributed by atoms with van der Waals surface area (Å²) in [5.41, 5.74) is 0.249. The Kier molecular flexibility index (Phi) is 9.61. The molecule has 0 aliphatic heterocycles. The number of aromatic nitrogens is 3. The van der Waals surface area contributed by atoms with Crippen LogP contribution in [-0.2, 0) is 23.1 Å². The van der Waals surface area contributed by atoms with Gasteiger partial charge in [0.1, 0.15) is 12.4 Å². The third kappa shape index (κ3) is 5.61. The highest BCUT2D eigenvalue weighted by atomic mass is 127. The zero-order chi connectivity index (χ0) is 20.0. The molecule has 2 aliphatic rings. The second-order valence-corrected chi connectivity index (χ2v) is 7.98. The van der Waals surface area contributed by atoms with E-state index in [1.54, 1.807) is 7.11 Å². The van der Waals surface area contributed by atoms with E-state index in [1.807, 2.05) is 18.5 Å². The minimum Gasteiger partial charge on any atom is -0.383 e. The van der Waals surface area contributed by atoms with E-state index in [0.717, 1.165) is 37.2 Å². The number of methoxy groups -OCH3 is 1. The smallest absolute Gasteiger partial charge is 0.192 e. The lowest BCUT2D eigenvalue weighted by Crippen LogP contribution is -2.66. The van der Waals surface area contributed by atoms with Crippen LogP contribution in [-0.4, -0.2) is 59.7 Å². The highest BCUT2D eigenvalue weighted by Gasteiger charge is 2.55. The average Bonchev–Trinajstić information content (AvgIpc) is 3.03. The maximum absolute atomic E-state index is 6.09. The van der Waals surface area contributed by atoms with Gasteiger partial charge in [-0.25, -0.2) is 4.99 Å². The van der Waals surface area contributed by atoms with E-state index < -0.39 is 0 Å². The largest absolute Gasteiger partial charge is 0.383 e. The highest BCUT2D eigenvalue weighted by molar-refractivity contribution is 14.0. The van der Waals surface area contributed by atoms with Gasteiger partial charge in [-0.15, -0.1) is 34.2 Å². The van der Waals surface area contributed by atoms with Crippen molar-refractivity contribution >= 4 is 29.9 Å². The number of halogens is 1. The first-order valence-electron chi connectivity index (χ1n) is 10.6. The van der Waals surface area contributed by atoms with Crippen molar-refractivity contribution in [1.82, 2.24) is 25.4 Å². The molecule has 2 N–H and O–H groups in total. The van der Waals surface area contributed by atoms with Crippen LogP contribution < -0.4 is 10.6 Å². The summed E-state index contributed by atoms with van der Waals surface area (Å²) >= 11 is 0. The average molecular weight is 520 g/mol. The Morgan fingerprint density at radius 3 is 2.66 bits per heavy atom. The first kappa shape index (κ1) is 24.3. The maximum Gasteiger partial charge on any atom is 0.192 e. The topological polar surface area (TPSA) is 85.6 Å². The van der Waals surface area contributed by atoms with Crippen molar-refractivity contribution in [2.75, 3.05) is 26.9 Å². The van der Waals surface area contributed by atoms with Crippen molar-refractivity contribution < 1.29 is 9.47 Å². The molecular weight excluding hydrogens is 483 g/mol. The number of nitrogens with zero attached hydrogens (tertiary/aromatic N) is 4. The molecule has 2 fully saturated rings. The minimum absolute atomic E-state index is 0. The number of rotatable bonds is 8. The SMILES string of the molecule is CCOC1CC(NC(=NCc2nnc(C)n2C)NCCOC)C12CCCCC2.I. The van der Waals surface area contributed by atoms with Crippen LogP contribution in [0.4, 0.5) is 0 Å². The molecule has 1 aromatic heterocycles. The van der Waals surface area contributed by atoms with Gasteiger partial charge in [-0.3, -0.25) is 0 Å². The summed E-state index contributed by atoms with van der Waals surface area (Å²) < 4.78 is 13.3. The summed E-state index contributed by atoms with van der Waals surface area (Å²) in [5.74, 6) is 2.58. The van der Waals surface area contributed by atoms with Gasteiger partial charge < -0.3 is 24.7 Å². The normalized spacial score (nSPS) is 23.4. The Balaban J connectivity index is 0.00000300. The lowest BCUT2D eigenvalue weighted by atomic mass is 9.55. The van der Waals surface area contributed by atoms with Crippen molar-refractivity contribution in [3.8, 4) is 0 Å². The van der Waals surface area contributed by atoms with Gasteiger partial charge in [-0.05, 0) is 33.1 Å². The molecule has 29 heavy (non-hydrogen) atoms. The Bertz CT molecular complexity index is 659. The zero-order valence-corrected chi connectivity index (χ0v) is 20.6. The van der Waals surface area contributed by atoms with Crippen molar-refractivity contribution in [3.05, 3.63) is 11.6 Å². The summed E-state index contributed by atoms with van der Waals surface area (Å²) in [4.78, 5) is 4.79. The number of ether oxygens (including phenoxy) is 2. The van der Waals surface area contributed by atoms with E-state index in [4.69, 9.17) is 14.5 Å². The summed E-state index contributed by atoms with van der Waals surface area (Å²) in [5, 5.41) is 15.4. The van der Waals surface area contributed by atoms with Crippen molar-refractivity contribution in [2.45, 2.75) is 71.1 Å². The molecule has 0 amide bonds. The van der Waals surface area contributed by atoms with E-state index in [-0.39, 0.29) is 29.4 Å². The molecule has 1 aromatic rings. The van der Waals surface area contributed by atoms with Crippen LogP contribution >= 0.6 is 24.0 Å². The number of guanidine groups is 1. The molecule has 2 unspecified atom stereocenters. The molecule has 0 saturated heterocycles. The second-order valence-electron chi connectivity index (χ2n) is 7.98. The molecule has 1 heterocycles. The fourth-order valence-corrected chi connectivity index (χ4v) is 4.59. The molecule has 3 rings (SSSR count). The third-order valence-corrected chi connectivity index (χ3v) is 6.41. The second kappa shape index (κ2) is 11.5. The molecule has 166 valence electrons. The van der Waals surface area contributed by atoms with Crippen LogP contribution in [0, 0.1) is 12.3 Å². The van der Waals surface area contributed by atoms with Crippen LogP contribution in [0.1, 0.15) is 57.1 Å². The molecule has 1 spiro atoms. The fourth-order valence-electron chi connectivity index (χ4n) is 4.59. The summed E-state index contributed by atoms with van der Waals surface area (Å²) in [6.07, 6.45) is 7.82. The Labute approximate surface area is 191 Å². The van der Waals surface area contributed by atoms with Gasteiger partial charge in [-0.2, -0.15) is 0 Å². The van der Waals surface area contributed by atoms with Gasteiger partial charge in [0.2, 0.25) is 0 Å². The lowest BCUT2D eigenvalue weighted by Gasteiger charge is -2.58. The van der Waals surface area contributed by atoms with E-state index in [2.05, 4.69) is 27.8 Å². The molecule has 2 atom stereocenters. The quantitative estimate of drug-likeness (QED) is 0.237. The minimum atomic E-state index is 0. The number of hydrogen-bond acceptors (Lipinski definition) is 5. The van der Waals surface area contributed by atoms with Gasteiger partial charge in [0.05, 0.1) is 12.7 Å². The molecule has 0 radical (unpaired) electrons. The molecule has 2 aliphatic carbocycles. The van der Waals surface area contributed by atoms with Crippen LogP contribution in [0.3, 0.4) is 0 Å². The van der Waals surface area contributed by atoms with Gasteiger partial charge in [0, 0.05) is 38.8 Å². The van der Waals surface area contributed by atoms with E-state index in [9.17, 15) is 0 Å². The molecule has 0 aromatic carbocycles. The standard InChI is InChI=1S/C20H36N6O2.HI/c1-5-28-17-13-16(20(17)9-7-6-8-10-20)23-19(21-11-12-27-4)22-14-18-25-24-15(2)26(18)3;/h16-17H,5-14H2,1-4H3,(H2,21,22,23);1H. The molecule has 8 nitrogen and oxygen atoms in total. The van der Waals surface area contributed by atoms with Crippen LogP contribution in [0.25, 0.3) is 0 Å². The summed E-state index contributed by atoms with van der Waals surface area (Å²) in [7, 11) is 3.69. The predicted molar refractivity (Wildman–Crippen MR) is 125 cm³/mol. The van der Waals surface area contributed by atoms with Crippen molar-refractivity contribution in [2.24, 2.45) is 17.5 Å². The predicted octanol–water partition coefficient (Wildman–Crippen LogP) is 2.55. The first-order chi connectivity index (χ1) is 13.6. The summed E-state index contributed by atoms with van der Waals surface area (Å²) in [6.45, 7) is 6.69. The molecule has 2 saturated carbocycles. The summed E-state index contributed by atoms with van der Waals surface area (Å²) in [6, 6.07) is 0.402. The van der Waals surface area contributed by atoms with Gasteiger partial charge in [-0.1, -0.05) is 19.3 Å². The molecule has 9 heteroatoms. The fraction of sp³-hybridized carbons (Fsp3) is 0.850. The van der Waals surface area contributed by atoms with Gasteiger partial charge >= 0.3 is 0 Å². The molecular formula is C20H37IN6O2. The van der Waals surface area contributed by atoms with Crippen molar-refractivity contribution in [1.29, 1.82) is 0 Å². The van der Waals surface area contributed by atoms with Crippen LogP contribution in [0.5, 0.6) is 0 Å². The Morgan fingerprint density at radius 1 is 1.28 bits per heavy atom. The van der Waals surface area contributed by atoms with Crippen LogP contribution in [0.15, 0.2) is 4.99 Å². The van der Waals surface area contributed by atoms with E-state index in [0.29, 0.717) is 25.3 Å². The Hall–Kier alpha value is -0.940. The number of nitrogens with one attached hydrogen (secondary N) is 2. The van der Waals surface area contributed by atoms with Crippen molar-refractivity contribution in [3.63, 3.8) is 0 Å². The zero-order valence-electron chi connectivity index (χ0n) is 18.2. The third-order valence-electron chi connectivity index (χ3n) is 6.41. The van der Waals surface area contributed by atoms with E-state index >= 15 is 0 Å². The monoisotopic (exact) mass is 520 g/mol. The Morgan fingerprint density at radius 2 is 2.03 bits per heavy atom.